The fraction of sp³-hybridized carbons (Fsp3) is 0.250. The van der Waals surface area contributed by atoms with Crippen LogP contribution in [0.2, 0.25) is 0 Å². The van der Waals surface area contributed by atoms with Crippen molar-refractivity contribution in [1.82, 2.24) is 4.90 Å². The number of carbonyl (C=O) groups is 1. The fourth-order valence-corrected chi connectivity index (χ4v) is 2.98. The van der Waals surface area contributed by atoms with Gasteiger partial charge in [-0.15, -0.1) is 0 Å². The van der Waals surface area contributed by atoms with Crippen LogP contribution in [0.15, 0.2) is 53.0 Å². The average molecular weight is 404 g/mol. The Hall–Kier alpha value is -2.14. The van der Waals surface area contributed by atoms with Crippen molar-refractivity contribution in [2.75, 3.05) is 7.11 Å². The molecule has 1 saturated carbocycles. The number of hydrogen-bond donors (Lipinski definition) is 0. The molecule has 0 radical (unpaired) electrons. The maximum Gasteiger partial charge on any atom is 0.247 e. The van der Waals surface area contributed by atoms with Crippen molar-refractivity contribution >= 4 is 27.9 Å². The van der Waals surface area contributed by atoms with E-state index in [4.69, 9.17) is 4.74 Å². The zero-order chi connectivity index (χ0) is 17.8. The Morgan fingerprint density at radius 2 is 2.00 bits per heavy atom. The van der Waals surface area contributed by atoms with Gasteiger partial charge in [0.2, 0.25) is 5.91 Å². The van der Waals surface area contributed by atoms with E-state index < -0.39 is 0 Å². The summed E-state index contributed by atoms with van der Waals surface area (Å²) in [6.07, 6.45) is 5.01. The highest BCUT2D eigenvalue weighted by Gasteiger charge is 2.31. The van der Waals surface area contributed by atoms with E-state index >= 15 is 0 Å². The van der Waals surface area contributed by atoms with Crippen LogP contribution >= 0.6 is 15.9 Å². The monoisotopic (exact) mass is 403 g/mol. The van der Waals surface area contributed by atoms with E-state index in [0.29, 0.717) is 12.1 Å². The Morgan fingerprint density at radius 1 is 1.28 bits per heavy atom. The molecular weight excluding hydrogens is 385 g/mol. The lowest BCUT2D eigenvalue weighted by Crippen LogP contribution is -2.31. The minimum atomic E-state index is -0.347. The molecule has 5 heteroatoms. The van der Waals surface area contributed by atoms with Crippen molar-refractivity contribution in [3.05, 3.63) is 70.0 Å². The van der Waals surface area contributed by atoms with E-state index in [9.17, 15) is 9.18 Å². The minimum absolute atomic E-state index is 0.0994. The van der Waals surface area contributed by atoms with Gasteiger partial charge in [0.05, 0.1) is 7.11 Å². The van der Waals surface area contributed by atoms with Crippen molar-refractivity contribution in [2.45, 2.75) is 25.4 Å². The molecular formula is C20H19BrFNO2. The SMILES string of the molecule is COc1ccc(CN(C(=O)/C=C/c2cc(Br)ccc2F)C2CC2)cc1. The first-order valence-corrected chi connectivity index (χ1v) is 8.93. The summed E-state index contributed by atoms with van der Waals surface area (Å²) < 4.78 is 19.7. The lowest BCUT2D eigenvalue weighted by Gasteiger charge is -2.21. The maximum absolute atomic E-state index is 13.8. The molecule has 2 aromatic rings. The summed E-state index contributed by atoms with van der Waals surface area (Å²) in [5.41, 5.74) is 1.44. The number of benzene rings is 2. The molecule has 0 N–H and O–H groups in total. The van der Waals surface area contributed by atoms with Gasteiger partial charge in [-0.3, -0.25) is 4.79 Å². The molecule has 2 aromatic carbocycles. The van der Waals surface area contributed by atoms with Crippen molar-refractivity contribution in [3.63, 3.8) is 0 Å². The number of halogens is 2. The zero-order valence-electron chi connectivity index (χ0n) is 13.9. The second kappa shape index (κ2) is 7.83. The summed E-state index contributed by atoms with van der Waals surface area (Å²) in [5, 5.41) is 0. The number of carbonyl (C=O) groups excluding carboxylic acids is 1. The first kappa shape index (κ1) is 17.7. The molecule has 3 nitrogen and oxygen atoms in total. The van der Waals surface area contributed by atoms with Gasteiger partial charge in [0, 0.05) is 28.7 Å². The quantitative estimate of drug-likeness (QED) is 0.648. The van der Waals surface area contributed by atoms with Crippen LogP contribution in [0, 0.1) is 5.82 Å². The van der Waals surface area contributed by atoms with E-state index in [1.165, 1.54) is 18.2 Å². The summed E-state index contributed by atoms with van der Waals surface area (Å²) in [6, 6.07) is 12.6. The number of methoxy groups -OCH3 is 1. The molecule has 0 saturated heterocycles. The Kier molecular flexibility index (Phi) is 5.53. The van der Waals surface area contributed by atoms with E-state index in [2.05, 4.69) is 15.9 Å². The molecule has 130 valence electrons. The molecule has 1 aliphatic carbocycles. The Morgan fingerprint density at radius 3 is 2.64 bits per heavy atom. The molecule has 3 rings (SSSR count). The van der Waals surface area contributed by atoms with Gasteiger partial charge < -0.3 is 9.64 Å². The normalized spacial score (nSPS) is 13.9. The third-order valence-electron chi connectivity index (χ3n) is 4.15. The Bertz CT molecular complexity index is 785. The molecule has 25 heavy (non-hydrogen) atoms. The van der Waals surface area contributed by atoms with Gasteiger partial charge in [-0.25, -0.2) is 4.39 Å². The zero-order valence-corrected chi connectivity index (χ0v) is 15.5. The van der Waals surface area contributed by atoms with Crippen LogP contribution in [0.4, 0.5) is 4.39 Å². The van der Waals surface area contributed by atoms with Crippen molar-refractivity contribution < 1.29 is 13.9 Å². The summed E-state index contributed by atoms with van der Waals surface area (Å²) in [5.74, 6) is 0.344. The van der Waals surface area contributed by atoms with Gasteiger partial charge in [-0.05, 0) is 54.8 Å². The van der Waals surface area contributed by atoms with Crippen LogP contribution in [-0.2, 0) is 11.3 Å². The third kappa shape index (κ3) is 4.69. The second-order valence-corrected chi connectivity index (χ2v) is 6.96. The Labute approximate surface area is 155 Å². The van der Waals surface area contributed by atoms with Gasteiger partial charge in [0.25, 0.3) is 0 Å². The molecule has 0 heterocycles. The molecule has 0 aromatic heterocycles. The molecule has 0 bridgehead atoms. The van der Waals surface area contributed by atoms with Crippen molar-refractivity contribution in [3.8, 4) is 5.75 Å². The largest absolute Gasteiger partial charge is 0.497 e. The van der Waals surface area contributed by atoms with Crippen molar-refractivity contribution in [1.29, 1.82) is 0 Å². The average Bonchev–Trinajstić information content (AvgIpc) is 3.45. The highest BCUT2D eigenvalue weighted by molar-refractivity contribution is 9.10. The lowest BCUT2D eigenvalue weighted by molar-refractivity contribution is -0.127. The van der Waals surface area contributed by atoms with Crippen LogP contribution in [0.5, 0.6) is 5.75 Å². The molecule has 1 fully saturated rings. The molecule has 0 atom stereocenters. The highest BCUT2D eigenvalue weighted by atomic mass is 79.9. The van der Waals surface area contributed by atoms with Gasteiger partial charge in [0.1, 0.15) is 11.6 Å². The topological polar surface area (TPSA) is 29.5 Å². The van der Waals surface area contributed by atoms with Gasteiger partial charge in [0.15, 0.2) is 0 Å². The van der Waals surface area contributed by atoms with Gasteiger partial charge in [-0.2, -0.15) is 0 Å². The first-order valence-electron chi connectivity index (χ1n) is 8.13. The third-order valence-corrected chi connectivity index (χ3v) is 4.64. The summed E-state index contributed by atoms with van der Waals surface area (Å²) in [4.78, 5) is 14.4. The molecule has 0 spiro atoms. The number of rotatable bonds is 6. The van der Waals surface area contributed by atoms with E-state index in [-0.39, 0.29) is 17.8 Å². The molecule has 1 aliphatic rings. The van der Waals surface area contributed by atoms with E-state index in [0.717, 1.165) is 28.6 Å². The molecule has 1 amide bonds. The van der Waals surface area contributed by atoms with Crippen LogP contribution in [0.25, 0.3) is 6.08 Å². The maximum atomic E-state index is 13.8. The predicted molar refractivity (Wildman–Crippen MR) is 99.7 cm³/mol. The number of hydrogen-bond acceptors (Lipinski definition) is 2. The first-order chi connectivity index (χ1) is 12.1. The summed E-state index contributed by atoms with van der Waals surface area (Å²) in [6.45, 7) is 0.540. The van der Waals surface area contributed by atoms with Crippen LogP contribution in [-0.4, -0.2) is 24.0 Å². The molecule has 0 aliphatic heterocycles. The summed E-state index contributed by atoms with van der Waals surface area (Å²) >= 11 is 3.32. The fourth-order valence-electron chi connectivity index (χ4n) is 2.60. The van der Waals surface area contributed by atoms with E-state index in [1.807, 2.05) is 29.2 Å². The second-order valence-electron chi connectivity index (χ2n) is 6.04. The minimum Gasteiger partial charge on any atom is -0.497 e. The predicted octanol–water partition coefficient (Wildman–Crippen LogP) is 4.80. The molecule has 0 unspecified atom stereocenters. The van der Waals surface area contributed by atoms with Crippen molar-refractivity contribution in [2.24, 2.45) is 0 Å². The highest BCUT2D eigenvalue weighted by Crippen LogP contribution is 2.29. The van der Waals surface area contributed by atoms with Crippen LogP contribution < -0.4 is 4.74 Å². The van der Waals surface area contributed by atoms with E-state index in [1.54, 1.807) is 19.2 Å². The van der Waals surface area contributed by atoms with Crippen LogP contribution in [0.3, 0.4) is 0 Å². The number of amides is 1. The van der Waals surface area contributed by atoms with Gasteiger partial charge in [-0.1, -0.05) is 28.1 Å². The number of nitrogens with zero attached hydrogens (tertiary/aromatic N) is 1. The van der Waals surface area contributed by atoms with Gasteiger partial charge >= 0.3 is 0 Å². The number of ether oxygens (including phenoxy) is 1. The standard InChI is InChI=1S/C20H19BrFNO2/c1-25-18-8-2-14(3-9-18)13-23(17-6-7-17)20(24)11-4-15-12-16(21)5-10-19(15)22/h2-5,8-12,17H,6-7,13H2,1H3/b11-4+. The smallest absolute Gasteiger partial charge is 0.247 e. The summed E-state index contributed by atoms with van der Waals surface area (Å²) in [7, 11) is 1.63. The lowest BCUT2D eigenvalue weighted by atomic mass is 10.1. The Balaban J connectivity index is 1.72. The van der Waals surface area contributed by atoms with Crippen LogP contribution in [0.1, 0.15) is 24.0 Å².